The van der Waals surface area contributed by atoms with Crippen molar-refractivity contribution in [3.8, 4) is 17.6 Å². The predicted molar refractivity (Wildman–Crippen MR) is 94.4 cm³/mol. The Kier molecular flexibility index (Phi) is 5.36. The van der Waals surface area contributed by atoms with Crippen LogP contribution in [0.25, 0.3) is 0 Å². The van der Waals surface area contributed by atoms with E-state index in [0.29, 0.717) is 5.75 Å². The molecular weight excluding hydrogens is 308 g/mol. The third kappa shape index (κ3) is 5.08. The maximum absolute atomic E-state index is 10.8. The summed E-state index contributed by atoms with van der Waals surface area (Å²) >= 11 is 4.26. The van der Waals surface area contributed by atoms with Crippen LogP contribution in [0.4, 0.5) is 0 Å². The van der Waals surface area contributed by atoms with Gasteiger partial charge in [0, 0.05) is 16.9 Å². The third-order valence-electron chi connectivity index (χ3n) is 3.11. The highest BCUT2D eigenvalue weighted by Gasteiger charge is 2.16. The largest absolute Gasteiger partial charge is 0.487 e. The normalized spacial score (nSPS) is 10.6. The monoisotopic (exact) mass is 326 g/mol. The highest BCUT2D eigenvalue weighted by Crippen LogP contribution is 2.19. The minimum atomic E-state index is -0.941. The number of aromatic carboxylic acids is 1. The van der Waals surface area contributed by atoms with E-state index in [-0.39, 0.29) is 11.2 Å². The summed E-state index contributed by atoms with van der Waals surface area (Å²) in [6, 6.07) is 14.0. The van der Waals surface area contributed by atoms with Gasteiger partial charge in [0.15, 0.2) is 0 Å². The molecule has 4 heteroatoms. The van der Waals surface area contributed by atoms with E-state index in [4.69, 9.17) is 9.84 Å². The summed E-state index contributed by atoms with van der Waals surface area (Å²) < 4.78 is 5.82. The number of thiol groups is 1. The van der Waals surface area contributed by atoms with E-state index in [0.717, 1.165) is 16.9 Å². The van der Waals surface area contributed by atoms with Crippen LogP contribution in [0.2, 0.25) is 0 Å². The molecule has 0 aliphatic heterocycles. The Morgan fingerprint density at radius 2 is 1.52 bits per heavy atom. The second kappa shape index (κ2) is 7.26. The molecule has 0 heterocycles. The molecule has 0 amide bonds. The van der Waals surface area contributed by atoms with Crippen molar-refractivity contribution in [3.05, 3.63) is 65.2 Å². The first-order chi connectivity index (χ1) is 10.9. The number of carbonyl (C=O) groups is 1. The highest BCUT2D eigenvalue weighted by molar-refractivity contribution is 7.80. The molecule has 0 unspecified atom stereocenters. The predicted octanol–water partition coefficient (Wildman–Crippen LogP) is 3.87. The van der Waals surface area contributed by atoms with Gasteiger partial charge in [-0.1, -0.05) is 11.8 Å². The van der Waals surface area contributed by atoms with E-state index in [1.807, 2.05) is 38.1 Å². The molecule has 2 aromatic rings. The Balaban J connectivity index is 2.08. The molecule has 0 aliphatic rings. The van der Waals surface area contributed by atoms with Crippen molar-refractivity contribution < 1.29 is 14.6 Å². The molecule has 1 N–H and O–H groups in total. The Labute approximate surface area is 141 Å². The van der Waals surface area contributed by atoms with E-state index in [1.54, 1.807) is 24.3 Å². The van der Waals surface area contributed by atoms with Crippen molar-refractivity contribution >= 4 is 18.6 Å². The molecule has 0 spiro atoms. The van der Waals surface area contributed by atoms with Crippen LogP contribution in [0.1, 0.15) is 35.3 Å². The van der Waals surface area contributed by atoms with E-state index in [1.165, 1.54) is 0 Å². The fourth-order valence-electron chi connectivity index (χ4n) is 1.80. The Bertz CT molecular complexity index is 735. The lowest BCUT2D eigenvalue weighted by Gasteiger charge is -2.24. The fraction of sp³-hybridized carbons (Fsp3) is 0.211. The molecule has 2 aromatic carbocycles. The second-order valence-corrected chi connectivity index (χ2v) is 5.99. The summed E-state index contributed by atoms with van der Waals surface area (Å²) in [5.74, 6) is 6.52. The molecule has 118 valence electrons. The zero-order valence-corrected chi connectivity index (χ0v) is 13.9. The average Bonchev–Trinajstić information content (AvgIpc) is 2.54. The molecule has 0 saturated carbocycles. The standard InChI is InChI=1S/C19H18O3S/c1-19(2,13-23)22-17-11-7-15(8-12-17)4-3-14-5-9-16(10-6-14)18(20)21/h5-12,23H,13H2,1-2H3,(H,20,21). The summed E-state index contributed by atoms with van der Waals surface area (Å²) in [7, 11) is 0. The van der Waals surface area contributed by atoms with E-state index < -0.39 is 5.97 Å². The molecule has 0 atom stereocenters. The molecule has 0 aromatic heterocycles. The van der Waals surface area contributed by atoms with Crippen LogP contribution in [0.3, 0.4) is 0 Å². The Morgan fingerprint density at radius 3 is 1.96 bits per heavy atom. The van der Waals surface area contributed by atoms with Crippen molar-refractivity contribution in [2.45, 2.75) is 19.4 Å². The van der Waals surface area contributed by atoms with Crippen molar-refractivity contribution in [2.75, 3.05) is 5.75 Å². The lowest BCUT2D eigenvalue weighted by molar-refractivity contribution is 0.0697. The lowest BCUT2D eigenvalue weighted by Crippen LogP contribution is -2.30. The Hall–Kier alpha value is -2.38. The SMILES string of the molecule is CC(C)(CS)Oc1ccc(C#Cc2ccc(C(=O)O)cc2)cc1. The van der Waals surface area contributed by atoms with Gasteiger partial charge in [0.05, 0.1) is 5.56 Å². The number of carboxylic acid groups (broad SMARTS) is 1. The van der Waals surface area contributed by atoms with Gasteiger partial charge >= 0.3 is 5.97 Å². The summed E-state index contributed by atoms with van der Waals surface area (Å²) in [5, 5.41) is 8.86. The number of hydrogen-bond donors (Lipinski definition) is 2. The van der Waals surface area contributed by atoms with Crippen LogP contribution in [-0.4, -0.2) is 22.4 Å². The van der Waals surface area contributed by atoms with Crippen molar-refractivity contribution in [3.63, 3.8) is 0 Å². The molecule has 0 aliphatic carbocycles. The van der Waals surface area contributed by atoms with E-state index in [2.05, 4.69) is 24.5 Å². The van der Waals surface area contributed by atoms with Crippen molar-refractivity contribution in [2.24, 2.45) is 0 Å². The van der Waals surface area contributed by atoms with Crippen LogP contribution in [0.15, 0.2) is 48.5 Å². The van der Waals surface area contributed by atoms with Gasteiger partial charge in [-0.05, 0) is 62.4 Å². The quantitative estimate of drug-likeness (QED) is 0.662. The first-order valence-electron chi connectivity index (χ1n) is 7.15. The first kappa shape index (κ1) is 17.0. The molecule has 0 radical (unpaired) electrons. The number of benzene rings is 2. The summed E-state index contributed by atoms with van der Waals surface area (Å²) in [6.07, 6.45) is 0. The molecule has 2 rings (SSSR count). The van der Waals surface area contributed by atoms with E-state index >= 15 is 0 Å². The summed E-state index contributed by atoms with van der Waals surface area (Å²) in [6.45, 7) is 3.96. The van der Waals surface area contributed by atoms with Crippen molar-refractivity contribution in [1.82, 2.24) is 0 Å². The third-order valence-corrected chi connectivity index (χ3v) is 3.87. The summed E-state index contributed by atoms with van der Waals surface area (Å²) in [4.78, 5) is 10.8. The number of rotatable bonds is 4. The second-order valence-electron chi connectivity index (χ2n) is 5.68. The molecule has 0 saturated heterocycles. The number of hydrogen-bond acceptors (Lipinski definition) is 3. The smallest absolute Gasteiger partial charge is 0.335 e. The minimum Gasteiger partial charge on any atom is -0.487 e. The van der Waals surface area contributed by atoms with Crippen LogP contribution in [-0.2, 0) is 0 Å². The molecule has 0 fully saturated rings. The zero-order chi connectivity index (χ0) is 16.9. The topological polar surface area (TPSA) is 46.5 Å². The maximum Gasteiger partial charge on any atom is 0.335 e. The highest BCUT2D eigenvalue weighted by atomic mass is 32.1. The number of ether oxygens (including phenoxy) is 1. The zero-order valence-electron chi connectivity index (χ0n) is 13.0. The molecule has 3 nitrogen and oxygen atoms in total. The Morgan fingerprint density at radius 1 is 1.04 bits per heavy atom. The van der Waals surface area contributed by atoms with Gasteiger partial charge in [-0.3, -0.25) is 0 Å². The van der Waals surface area contributed by atoms with Gasteiger partial charge in [0.1, 0.15) is 11.4 Å². The fourth-order valence-corrected chi connectivity index (χ4v) is 1.86. The molecule has 23 heavy (non-hydrogen) atoms. The van der Waals surface area contributed by atoms with Crippen LogP contribution in [0, 0.1) is 11.8 Å². The average molecular weight is 326 g/mol. The van der Waals surface area contributed by atoms with Gasteiger partial charge in [0.25, 0.3) is 0 Å². The minimum absolute atomic E-state index is 0.254. The van der Waals surface area contributed by atoms with Gasteiger partial charge in [-0.25, -0.2) is 4.79 Å². The molecular formula is C19H18O3S. The van der Waals surface area contributed by atoms with Gasteiger partial charge in [-0.15, -0.1) is 0 Å². The van der Waals surface area contributed by atoms with Crippen molar-refractivity contribution in [1.29, 1.82) is 0 Å². The number of carboxylic acids is 1. The lowest BCUT2D eigenvalue weighted by atomic mass is 10.1. The van der Waals surface area contributed by atoms with Crippen LogP contribution >= 0.6 is 12.6 Å². The van der Waals surface area contributed by atoms with Gasteiger partial charge < -0.3 is 9.84 Å². The summed E-state index contributed by atoms with van der Waals surface area (Å²) in [5.41, 5.74) is 1.57. The van der Waals surface area contributed by atoms with Crippen LogP contribution in [0.5, 0.6) is 5.75 Å². The van der Waals surface area contributed by atoms with E-state index in [9.17, 15) is 4.79 Å². The van der Waals surface area contributed by atoms with Crippen LogP contribution < -0.4 is 4.74 Å². The molecule has 0 bridgehead atoms. The van der Waals surface area contributed by atoms with Gasteiger partial charge in [-0.2, -0.15) is 12.6 Å². The first-order valence-corrected chi connectivity index (χ1v) is 7.78. The maximum atomic E-state index is 10.8. The van der Waals surface area contributed by atoms with Gasteiger partial charge in [0.2, 0.25) is 0 Å².